The monoisotopic (exact) mass is 409 g/mol. The van der Waals surface area contributed by atoms with Gasteiger partial charge in [0.2, 0.25) is 0 Å². The van der Waals surface area contributed by atoms with Crippen LogP contribution in [0.2, 0.25) is 0 Å². The minimum absolute atomic E-state index is 0.0287. The Labute approximate surface area is 173 Å². The summed E-state index contributed by atoms with van der Waals surface area (Å²) in [5, 5.41) is 6.71. The van der Waals surface area contributed by atoms with Crippen LogP contribution in [0.15, 0.2) is 48.5 Å². The van der Waals surface area contributed by atoms with Crippen LogP contribution < -0.4 is 15.5 Å². The molecule has 2 amide bonds. The third-order valence-corrected chi connectivity index (χ3v) is 6.52. The lowest BCUT2D eigenvalue weighted by molar-refractivity contribution is -0.898. The SMILES string of the molecule is CNC(=O)c1cccc(NC(=O)C[NH+]2CCC[C@H](c3nc4ccccc4s3)C2)c1. The second-order valence-corrected chi connectivity index (χ2v) is 8.51. The van der Waals surface area contributed by atoms with E-state index in [2.05, 4.69) is 22.8 Å². The zero-order valence-electron chi connectivity index (χ0n) is 16.4. The fraction of sp³-hybridized carbons (Fsp3) is 0.318. The molecule has 0 radical (unpaired) electrons. The molecular formula is C22H25N4O2S+. The van der Waals surface area contributed by atoms with Crippen molar-refractivity contribution < 1.29 is 14.5 Å². The molecule has 6 nitrogen and oxygen atoms in total. The largest absolute Gasteiger partial charge is 0.355 e. The Balaban J connectivity index is 1.38. The van der Waals surface area contributed by atoms with E-state index in [1.807, 2.05) is 12.1 Å². The first-order valence-corrected chi connectivity index (χ1v) is 10.7. The van der Waals surface area contributed by atoms with Crippen LogP contribution in [0.4, 0.5) is 5.69 Å². The van der Waals surface area contributed by atoms with Gasteiger partial charge in [-0.25, -0.2) is 4.98 Å². The number of aromatic nitrogens is 1. The van der Waals surface area contributed by atoms with Crippen LogP contribution in [0.25, 0.3) is 10.2 Å². The van der Waals surface area contributed by atoms with Gasteiger partial charge in [-0.3, -0.25) is 9.59 Å². The Morgan fingerprint density at radius 2 is 2.07 bits per heavy atom. The number of thiazole rings is 1. The normalized spacial score (nSPS) is 19.1. The Morgan fingerprint density at radius 1 is 1.21 bits per heavy atom. The molecule has 29 heavy (non-hydrogen) atoms. The summed E-state index contributed by atoms with van der Waals surface area (Å²) >= 11 is 1.77. The van der Waals surface area contributed by atoms with Gasteiger partial charge in [0.25, 0.3) is 11.8 Å². The highest BCUT2D eigenvalue weighted by atomic mass is 32.1. The molecule has 150 valence electrons. The second-order valence-electron chi connectivity index (χ2n) is 7.45. The van der Waals surface area contributed by atoms with Gasteiger partial charge in [0.1, 0.15) is 5.01 Å². The number of likely N-dealkylation sites (tertiary alicyclic amines) is 1. The van der Waals surface area contributed by atoms with Gasteiger partial charge in [0.05, 0.1) is 29.2 Å². The topological polar surface area (TPSA) is 75.5 Å². The van der Waals surface area contributed by atoms with Gasteiger partial charge in [-0.15, -0.1) is 11.3 Å². The maximum Gasteiger partial charge on any atom is 0.279 e. The number of para-hydroxylation sites is 1. The van der Waals surface area contributed by atoms with E-state index in [9.17, 15) is 9.59 Å². The lowest BCUT2D eigenvalue weighted by Gasteiger charge is -2.28. The van der Waals surface area contributed by atoms with Gasteiger partial charge in [0.15, 0.2) is 6.54 Å². The molecule has 3 N–H and O–H groups in total. The van der Waals surface area contributed by atoms with E-state index < -0.39 is 0 Å². The average Bonchev–Trinajstić information content (AvgIpc) is 3.18. The Morgan fingerprint density at radius 3 is 2.90 bits per heavy atom. The first kappa shape index (κ1) is 19.5. The number of nitrogens with one attached hydrogen (secondary N) is 3. The summed E-state index contributed by atoms with van der Waals surface area (Å²) in [6, 6.07) is 15.3. The predicted octanol–water partition coefficient (Wildman–Crippen LogP) is 2.06. The van der Waals surface area contributed by atoms with E-state index >= 15 is 0 Å². The number of carbonyl (C=O) groups excluding carboxylic acids is 2. The number of benzene rings is 2. The molecule has 7 heteroatoms. The lowest BCUT2D eigenvalue weighted by Crippen LogP contribution is -3.14. The van der Waals surface area contributed by atoms with Crippen molar-refractivity contribution in [3.05, 3.63) is 59.1 Å². The van der Waals surface area contributed by atoms with Gasteiger partial charge < -0.3 is 15.5 Å². The maximum absolute atomic E-state index is 12.6. The number of hydrogen-bond donors (Lipinski definition) is 3. The summed E-state index contributed by atoms with van der Waals surface area (Å²) in [7, 11) is 1.59. The molecule has 2 atom stereocenters. The zero-order valence-corrected chi connectivity index (χ0v) is 17.2. The number of fused-ring (bicyclic) bond motifs is 1. The van der Waals surface area contributed by atoms with Gasteiger partial charge in [0, 0.05) is 18.3 Å². The Bertz CT molecular complexity index is 999. The van der Waals surface area contributed by atoms with Crippen LogP contribution in [0.1, 0.15) is 34.1 Å². The molecule has 1 fully saturated rings. The van der Waals surface area contributed by atoms with Crippen LogP contribution in [-0.4, -0.2) is 43.5 Å². The highest BCUT2D eigenvalue weighted by molar-refractivity contribution is 7.18. The molecule has 2 aromatic carbocycles. The molecule has 3 aromatic rings. The molecule has 2 heterocycles. The van der Waals surface area contributed by atoms with Crippen molar-refractivity contribution in [1.29, 1.82) is 0 Å². The van der Waals surface area contributed by atoms with E-state index in [-0.39, 0.29) is 11.8 Å². The fourth-order valence-corrected chi connectivity index (χ4v) is 5.00. The smallest absolute Gasteiger partial charge is 0.279 e. The maximum atomic E-state index is 12.6. The minimum atomic E-state index is -0.165. The molecule has 1 aromatic heterocycles. The number of anilines is 1. The van der Waals surface area contributed by atoms with Gasteiger partial charge in [-0.05, 0) is 43.2 Å². The number of rotatable bonds is 5. The number of amides is 2. The molecule has 1 unspecified atom stereocenters. The third kappa shape index (κ3) is 4.63. The van der Waals surface area contributed by atoms with E-state index in [0.717, 1.165) is 31.4 Å². The molecule has 1 aliphatic rings. The van der Waals surface area contributed by atoms with Crippen LogP contribution in [0.3, 0.4) is 0 Å². The zero-order chi connectivity index (χ0) is 20.2. The molecular weight excluding hydrogens is 384 g/mol. The molecule has 4 rings (SSSR count). The van der Waals surface area contributed by atoms with Crippen molar-refractivity contribution in [1.82, 2.24) is 10.3 Å². The summed E-state index contributed by atoms with van der Waals surface area (Å²) in [4.78, 5) is 30.4. The summed E-state index contributed by atoms with van der Waals surface area (Å²) in [5.74, 6) is 0.209. The highest BCUT2D eigenvalue weighted by Gasteiger charge is 2.28. The van der Waals surface area contributed by atoms with Gasteiger partial charge in [-0.2, -0.15) is 0 Å². The van der Waals surface area contributed by atoms with Crippen molar-refractivity contribution in [2.24, 2.45) is 0 Å². The van der Waals surface area contributed by atoms with Crippen molar-refractivity contribution >= 4 is 39.1 Å². The molecule has 0 spiro atoms. The van der Waals surface area contributed by atoms with Crippen LogP contribution >= 0.6 is 11.3 Å². The van der Waals surface area contributed by atoms with Gasteiger partial charge >= 0.3 is 0 Å². The Hall–Kier alpha value is -2.77. The first-order valence-electron chi connectivity index (χ1n) is 9.93. The number of piperidine rings is 1. The van der Waals surface area contributed by atoms with E-state index in [1.54, 1.807) is 42.6 Å². The summed E-state index contributed by atoms with van der Waals surface area (Å²) in [6.45, 7) is 2.34. The van der Waals surface area contributed by atoms with Gasteiger partial charge in [-0.1, -0.05) is 18.2 Å². The number of nitrogens with zero attached hydrogens (tertiary/aromatic N) is 1. The molecule has 1 saturated heterocycles. The van der Waals surface area contributed by atoms with Crippen LogP contribution in [0, 0.1) is 0 Å². The molecule has 0 aliphatic carbocycles. The summed E-state index contributed by atoms with van der Waals surface area (Å²) in [5.41, 5.74) is 2.25. The van der Waals surface area contributed by atoms with E-state index in [0.29, 0.717) is 23.7 Å². The second kappa shape index (κ2) is 8.71. The quantitative estimate of drug-likeness (QED) is 0.604. The standard InChI is InChI=1S/C22H24N4O2S/c1-23-21(28)15-6-4-8-17(12-15)24-20(27)14-26-11-5-7-16(13-26)22-25-18-9-2-3-10-19(18)29-22/h2-4,6,8-10,12,16H,5,7,11,13-14H2,1H3,(H,23,28)(H,24,27)/p+1/t16-/m0/s1. The Kier molecular flexibility index (Phi) is 5.87. The number of quaternary nitrogens is 1. The van der Waals surface area contributed by atoms with E-state index in [4.69, 9.17) is 4.98 Å². The lowest BCUT2D eigenvalue weighted by atomic mass is 9.99. The fourth-order valence-electron chi connectivity index (χ4n) is 3.90. The third-order valence-electron chi connectivity index (χ3n) is 5.32. The van der Waals surface area contributed by atoms with Crippen molar-refractivity contribution in [3.8, 4) is 0 Å². The number of hydrogen-bond acceptors (Lipinski definition) is 4. The summed E-state index contributed by atoms with van der Waals surface area (Å²) in [6.07, 6.45) is 2.22. The summed E-state index contributed by atoms with van der Waals surface area (Å²) < 4.78 is 1.23. The van der Waals surface area contributed by atoms with Crippen molar-refractivity contribution in [3.63, 3.8) is 0 Å². The predicted molar refractivity (Wildman–Crippen MR) is 116 cm³/mol. The van der Waals surface area contributed by atoms with Crippen LogP contribution in [-0.2, 0) is 4.79 Å². The molecule has 0 bridgehead atoms. The minimum Gasteiger partial charge on any atom is -0.355 e. The molecule has 0 saturated carbocycles. The average molecular weight is 410 g/mol. The van der Waals surface area contributed by atoms with Crippen LogP contribution in [0.5, 0.6) is 0 Å². The van der Waals surface area contributed by atoms with E-state index in [1.165, 1.54) is 14.6 Å². The first-order chi connectivity index (χ1) is 14.1. The molecule has 1 aliphatic heterocycles. The van der Waals surface area contributed by atoms with Crippen molar-refractivity contribution in [2.75, 3.05) is 32.0 Å². The highest BCUT2D eigenvalue weighted by Crippen LogP contribution is 2.30. The number of carbonyl (C=O) groups is 2. The van der Waals surface area contributed by atoms with Crippen molar-refractivity contribution in [2.45, 2.75) is 18.8 Å².